The summed E-state index contributed by atoms with van der Waals surface area (Å²) in [7, 11) is 0. The Labute approximate surface area is 98.3 Å². The average Bonchev–Trinajstić information content (AvgIpc) is 2.96. The van der Waals surface area contributed by atoms with Crippen LogP contribution in [-0.4, -0.2) is 10.8 Å². The van der Waals surface area contributed by atoms with Gasteiger partial charge >= 0.3 is 0 Å². The van der Waals surface area contributed by atoms with Gasteiger partial charge in [0.2, 0.25) is 0 Å². The van der Waals surface area contributed by atoms with Gasteiger partial charge in [0, 0.05) is 12.0 Å². The highest BCUT2D eigenvalue weighted by molar-refractivity contribution is 7.18. The van der Waals surface area contributed by atoms with Crippen LogP contribution in [0.2, 0.25) is 0 Å². The van der Waals surface area contributed by atoms with Gasteiger partial charge < -0.3 is 0 Å². The maximum absolute atomic E-state index is 11.9. The number of Topliss-reactive ketones (excluding diaryl/α,β-unsaturated/α-hetero) is 1. The number of aryl methyl sites for hydroxylation is 1. The van der Waals surface area contributed by atoms with E-state index in [1.807, 2.05) is 25.1 Å². The molecule has 1 aliphatic carbocycles. The maximum atomic E-state index is 11.9. The van der Waals surface area contributed by atoms with E-state index in [2.05, 4.69) is 4.98 Å². The van der Waals surface area contributed by atoms with Crippen LogP contribution >= 0.6 is 11.3 Å². The Balaban J connectivity index is 1.93. The lowest BCUT2D eigenvalue weighted by molar-refractivity contribution is 0.0976. The van der Waals surface area contributed by atoms with E-state index >= 15 is 0 Å². The normalized spacial score (nSPS) is 15.6. The van der Waals surface area contributed by atoms with Gasteiger partial charge in [-0.25, -0.2) is 4.98 Å². The summed E-state index contributed by atoms with van der Waals surface area (Å²) in [4.78, 5) is 16.3. The average molecular weight is 231 g/mol. The topological polar surface area (TPSA) is 30.0 Å². The Morgan fingerprint density at radius 2 is 2.31 bits per heavy atom. The first kappa shape index (κ1) is 9.97. The highest BCUT2D eigenvalue weighted by atomic mass is 32.1. The van der Waals surface area contributed by atoms with Gasteiger partial charge in [-0.15, -0.1) is 11.3 Å². The first-order valence-corrected chi connectivity index (χ1v) is 6.44. The second-order valence-electron chi connectivity index (χ2n) is 4.49. The van der Waals surface area contributed by atoms with Crippen molar-refractivity contribution in [2.45, 2.75) is 26.2 Å². The molecule has 3 rings (SSSR count). The molecule has 1 aliphatic rings. The third-order valence-corrected chi connectivity index (χ3v) is 3.94. The number of rotatable bonds is 3. The molecule has 0 radical (unpaired) electrons. The first-order chi connectivity index (χ1) is 7.72. The van der Waals surface area contributed by atoms with Crippen molar-refractivity contribution in [2.75, 3.05) is 0 Å². The monoisotopic (exact) mass is 231 g/mol. The van der Waals surface area contributed by atoms with Gasteiger partial charge in [0.05, 0.1) is 15.2 Å². The summed E-state index contributed by atoms with van der Waals surface area (Å²) in [5.41, 5.74) is 1.79. The number of hydrogen-bond acceptors (Lipinski definition) is 3. The molecule has 16 heavy (non-hydrogen) atoms. The van der Waals surface area contributed by atoms with Crippen molar-refractivity contribution in [3.05, 3.63) is 28.8 Å². The molecule has 0 unspecified atom stereocenters. The molecule has 0 amide bonds. The Hall–Kier alpha value is -1.22. The van der Waals surface area contributed by atoms with E-state index in [1.165, 1.54) is 17.5 Å². The van der Waals surface area contributed by atoms with Gasteiger partial charge in [0.25, 0.3) is 0 Å². The molecule has 82 valence electrons. The van der Waals surface area contributed by atoms with Crippen molar-refractivity contribution in [3.8, 4) is 0 Å². The van der Waals surface area contributed by atoms with Crippen LogP contribution in [0.3, 0.4) is 0 Å². The minimum Gasteiger partial charge on any atom is -0.294 e. The molecule has 0 bridgehead atoms. The van der Waals surface area contributed by atoms with Crippen molar-refractivity contribution in [2.24, 2.45) is 5.92 Å². The van der Waals surface area contributed by atoms with Crippen LogP contribution in [0.15, 0.2) is 18.2 Å². The predicted octanol–water partition coefficient (Wildman–Crippen LogP) is 3.59. The van der Waals surface area contributed by atoms with E-state index in [0.29, 0.717) is 12.3 Å². The van der Waals surface area contributed by atoms with Crippen LogP contribution < -0.4 is 0 Å². The van der Waals surface area contributed by atoms with E-state index in [4.69, 9.17) is 0 Å². The maximum Gasteiger partial charge on any atom is 0.163 e. The van der Waals surface area contributed by atoms with Crippen molar-refractivity contribution < 1.29 is 4.79 Å². The molecule has 0 saturated heterocycles. The van der Waals surface area contributed by atoms with Crippen LogP contribution in [0.1, 0.15) is 34.6 Å². The van der Waals surface area contributed by atoms with Crippen LogP contribution in [0, 0.1) is 12.8 Å². The number of fused-ring (bicyclic) bond motifs is 1. The van der Waals surface area contributed by atoms with Crippen molar-refractivity contribution in [1.29, 1.82) is 0 Å². The molecule has 0 spiro atoms. The smallest absolute Gasteiger partial charge is 0.163 e. The summed E-state index contributed by atoms with van der Waals surface area (Å²) in [6, 6.07) is 5.88. The first-order valence-electron chi connectivity index (χ1n) is 5.63. The molecule has 0 N–H and O–H groups in total. The lowest BCUT2D eigenvalue weighted by Crippen LogP contribution is -1.99. The number of ketones is 1. The molecule has 1 aromatic carbocycles. The number of thiazole rings is 1. The molecule has 2 nitrogen and oxygen atoms in total. The molecule has 3 heteroatoms. The van der Waals surface area contributed by atoms with Crippen LogP contribution in [-0.2, 0) is 0 Å². The highest BCUT2D eigenvalue weighted by Crippen LogP contribution is 2.34. The second-order valence-corrected chi connectivity index (χ2v) is 5.72. The molecule has 1 saturated carbocycles. The third kappa shape index (κ3) is 1.87. The van der Waals surface area contributed by atoms with E-state index < -0.39 is 0 Å². The number of benzene rings is 1. The number of hydrogen-bond donors (Lipinski definition) is 0. The summed E-state index contributed by atoms with van der Waals surface area (Å²) in [6.45, 7) is 2.00. The van der Waals surface area contributed by atoms with Gasteiger partial charge in [0.15, 0.2) is 5.78 Å². The molecule has 1 heterocycles. The molecule has 1 fully saturated rings. The minimum atomic E-state index is 0.273. The summed E-state index contributed by atoms with van der Waals surface area (Å²) < 4.78 is 1.17. The largest absolute Gasteiger partial charge is 0.294 e. The number of carbonyl (C=O) groups is 1. The molecule has 0 aliphatic heterocycles. The lowest BCUT2D eigenvalue weighted by Gasteiger charge is -1.98. The molecule has 0 atom stereocenters. The van der Waals surface area contributed by atoms with Crippen LogP contribution in [0.25, 0.3) is 10.2 Å². The number of aromatic nitrogens is 1. The lowest BCUT2D eigenvalue weighted by atomic mass is 10.1. The number of nitrogens with zero attached hydrogens (tertiary/aromatic N) is 1. The van der Waals surface area contributed by atoms with Crippen LogP contribution in [0.4, 0.5) is 0 Å². The zero-order chi connectivity index (χ0) is 11.1. The van der Waals surface area contributed by atoms with Gasteiger partial charge in [0.1, 0.15) is 0 Å². The van der Waals surface area contributed by atoms with Crippen molar-refractivity contribution >= 4 is 27.3 Å². The minimum absolute atomic E-state index is 0.273. The van der Waals surface area contributed by atoms with E-state index in [0.717, 1.165) is 16.1 Å². The summed E-state index contributed by atoms with van der Waals surface area (Å²) in [5, 5.41) is 1.06. The Kier molecular flexibility index (Phi) is 2.28. The fraction of sp³-hybridized carbons (Fsp3) is 0.385. The van der Waals surface area contributed by atoms with Crippen LogP contribution in [0.5, 0.6) is 0 Å². The quantitative estimate of drug-likeness (QED) is 0.756. The Morgan fingerprint density at radius 1 is 1.50 bits per heavy atom. The zero-order valence-electron chi connectivity index (χ0n) is 9.19. The van der Waals surface area contributed by atoms with Crippen molar-refractivity contribution in [3.63, 3.8) is 0 Å². The SMILES string of the molecule is Cc1nc2cc(C(=O)CC3CC3)ccc2s1. The summed E-state index contributed by atoms with van der Waals surface area (Å²) in [6.07, 6.45) is 3.17. The second kappa shape index (κ2) is 3.67. The van der Waals surface area contributed by atoms with E-state index in [-0.39, 0.29) is 5.78 Å². The molecule has 1 aromatic heterocycles. The molecular weight excluding hydrogens is 218 g/mol. The highest BCUT2D eigenvalue weighted by Gasteiger charge is 2.24. The fourth-order valence-electron chi connectivity index (χ4n) is 1.92. The van der Waals surface area contributed by atoms with E-state index in [1.54, 1.807) is 11.3 Å². The van der Waals surface area contributed by atoms with Crippen molar-refractivity contribution in [1.82, 2.24) is 4.98 Å². The fourth-order valence-corrected chi connectivity index (χ4v) is 2.73. The summed E-state index contributed by atoms with van der Waals surface area (Å²) in [5.74, 6) is 0.926. The Bertz CT molecular complexity index is 554. The predicted molar refractivity (Wildman–Crippen MR) is 66.0 cm³/mol. The van der Waals surface area contributed by atoms with E-state index in [9.17, 15) is 4.79 Å². The number of carbonyl (C=O) groups excluding carboxylic acids is 1. The van der Waals surface area contributed by atoms with Gasteiger partial charge in [-0.05, 0) is 43.9 Å². The Morgan fingerprint density at radius 3 is 3.06 bits per heavy atom. The standard InChI is InChI=1S/C13H13NOS/c1-8-14-11-7-10(4-5-13(11)16-8)12(15)6-9-2-3-9/h4-5,7,9H,2-3,6H2,1H3. The zero-order valence-corrected chi connectivity index (χ0v) is 10.0. The summed E-state index contributed by atoms with van der Waals surface area (Å²) >= 11 is 1.68. The molecule has 2 aromatic rings. The third-order valence-electron chi connectivity index (χ3n) is 2.99. The molecular formula is C13H13NOS. The van der Waals surface area contributed by atoms with Gasteiger partial charge in [-0.2, -0.15) is 0 Å². The van der Waals surface area contributed by atoms with Gasteiger partial charge in [-0.1, -0.05) is 0 Å². The van der Waals surface area contributed by atoms with Gasteiger partial charge in [-0.3, -0.25) is 4.79 Å².